The fraction of sp³-hybridized carbons (Fsp3) is 0.200. The van der Waals surface area contributed by atoms with E-state index in [-0.39, 0.29) is 16.3 Å². The van der Waals surface area contributed by atoms with Crippen molar-refractivity contribution in [3.63, 3.8) is 0 Å². The molecule has 0 aromatic heterocycles. The third-order valence-corrected chi connectivity index (χ3v) is 5.13. The summed E-state index contributed by atoms with van der Waals surface area (Å²) in [4.78, 5) is 10.4. The number of nitro groups is 1. The molecule has 2 aromatic carbocycles. The molecule has 0 fully saturated rings. The van der Waals surface area contributed by atoms with Gasteiger partial charge in [0.2, 0.25) is 0 Å². The zero-order valence-corrected chi connectivity index (χ0v) is 13.7. The number of anilines is 3. The van der Waals surface area contributed by atoms with Crippen LogP contribution in [0.5, 0.6) is 0 Å². The maximum atomic E-state index is 11.9. The fourth-order valence-corrected chi connectivity index (χ4v) is 3.15. The number of hydrogen-bond acceptors (Lipinski definition) is 7. The Bertz CT molecular complexity index is 881. The average Bonchev–Trinajstić information content (AvgIpc) is 2.51. The number of nitro benzene ring substituents is 1. The van der Waals surface area contributed by atoms with Gasteiger partial charge in [0.1, 0.15) is 5.69 Å². The summed E-state index contributed by atoms with van der Waals surface area (Å²) in [7, 11) is -3.77. The van der Waals surface area contributed by atoms with Gasteiger partial charge in [0.25, 0.3) is 5.69 Å². The first-order valence-electron chi connectivity index (χ1n) is 7.00. The van der Waals surface area contributed by atoms with Gasteiger partial charge in [0.05, 0.1) is 22.2 Å². The van der Waals surface area contributed by atoms with Crippen LogP contribution < -0.4 is 11.1 Å². The molecular formula is C15H17N3O5S. The van der Waals surface area contributed by atoms with E-state index in [1.807, 2.05) is 0 Å². The lowest BCUT2D eigenvalue weighted by molar-refractivity contribution is -0.384. The SMILES string of the molecule is Cc1cc(Nc2ccc(S(=O)(=O)CCO)cc2[N+](=O)[O-])ccc1N. The molecule has 0 aliphatic rings. The minimum Gasteiger partial charge on any atom is -0.399 e. The number of nitrogen functional groups attached to an aromatic ring is 1. The van der Waals surface area contributed by atoms with Gasteiger partial charge in [-0.15, -0.1) is 0 Å². The molecule has 0 heterocycles. The Morgan fingerprint density at radius 1 is 1.25 bits per heavy atom. The molecule has 0 spiro atoms. The minimum atomic E-state index is -3.77. The number of nitrogens with one attached hydrogen (secondary N) is 1. The Balaban J connectivity index is 2.43. The van der Waals surface area contributed by atoms with E-state index in [0.717, 1.165) is 11.6 Å². The summed E-state index contributed by atoms with van der Waals surface area (Å²) >= 11 is 0. The molecule has 2 aromatic rings. The number of rotatable bonds is 6. The Morgan fingerprint density at radius 2 is 1.96 bits per heavy atom. The van der Waals surface area contributed by atoms with Crippen LogP contribution in [0.4, 0.5) is 22.7 Å². The number of nitrogens with two attached hydrogens (primary N) is 1. The second-order valence-electron chi connectivity index (χ2n) is 5.17. The Labute approximate surface area is 139 Å². The molecule has 4 N–H and O–H groups in total. The molecule has 24 heavy (non-hydrogen) atoms. The molecule has 0 amide bonds. The largest absolute Gasteiger partial charge is 0.399 e. The number of nitrogens with zero attached hydrogens (tertiary/aromatic N) is 1. The quantitative estimate of drug-likeness (QED) is 0.411. The summed E-state index contributed by atoms with van der Waals surface area (Å²) < 4.78 is 23.9. The summed E-state index contributed by atoms with van der Waals surface area (Å²) in [6.45, 7) is 1.25. The molecule has 2 rings (SSSR count). The molecule has 0 radical (unpaired) electrons. The van der Waals surface area contributed by atoms with E-state index in [2.05, 4.69) is 5.32 Å². The lowest BCUT2D eigenvalue weighted by Crippen LogP contribution is -2.10. The van der Waals surface area contributed by atoms with Crippen LogP contribution in [0.15, 0.2) is 41.3 Å². The van der Waals surface area contributed by atoms with Crippen LogP contribution in [0.3, 0.4) is 0 Å². The number of benzene rings is 2. The Kier molecular flexibility index (Phi) is 5.05. The summed E-state index contributed by atoms with van der Waals surface area (Å²) in [5.41, 5.74) is 7.52. The second-order valence-corrected chi connectivity index (χ2v) is 7.28. The first kappa shape index (κ1) is 17.7. The standard InChI is InChI=1S/C15H17N3O5S/c1-10-8-11(2-4-13(10)16)17-14-5-3-12(9-15(14)18(20)21)24(22,23)7-6-19/h2-5,8-9,17,19H,6-7,16H2,1H3. The van der Waals surface area contributed by atoms with Gasteiger partial charge in [-0.05, 0) is 42.8 Å². The molecule has 0 saturated carbocycles. The molecule has 0 saturated heterocycles. The molecule has 0 aliphatic heterocycles. The smallest absolute Gasteiger partial charge is 0.293 e. The molecule has 0 unspecified atom stereocenters. The molecule has 8 nitrogen and oxygen atoms in total. The van der Waals surface area contributed by atoms with E-state index in [0.29, 0.717) is 11.4 Å². The van der Waals surface area contributed by atoms with Gasteiger partial charge < -0.3 is 16.2 Å². The van der Waals surface area contributed by atoms with Crippen LogP contribution in [-0.4, -0.2) is 30.8 Å². The van der Waals surface area contributed by atoms with Crippen LogP contribution in [0, 0.1) is 17.0 Å². The molecule has 0 atom stereocenters. The molecular weight excluding hydrogens is 334 g/mol. The third kappa shape index (κ3) is 3.81. The first-order chi connectivity index (χ1) is 11.2. The van der Waals surface area contributed by atoms with Crippen molar-refractivity contribution in [2.45, 2.75) is 11.8 Å². The van der Waals surface area contributed by atoms with Crippen molar-refractivity contribution in [3.05, 3.63) is 52.1 Å². The molecule has 9 heteroatoms. The molecule has 0 aliphatic carbocycles. The highest BCUT2D eigenvalue weighted by Gasteiger charge is 2.21. The fourth-order valence-electron chi connectivity index (χ4n) is 2.11. The number of aliphatic hydroxyl groups excluding tert-OH is 1. The summed E-state index contributed by atoms with van der Waals surface area (Å²) in [6.07, 6.45) is 0. The Morgan fingerprint density at radius 3 is 2.54 bits per heavy atom. The monoisotopic (exact) mass is 351 g/mol. The van der Waals surface area contributed by atoms with Crippen molar-refractivity contribution in [1.82, 2.24) is 0 Å². The second kappa shape index (κ2) is 6.85. The zero-order chi connectivity index (χ0) is 17.9. The van der Waals surface area contributed by atoms with E-state index >= 15 is 0 Å². The predicted molar refractivity (Wildman–Crippen MR) is 91.1 cm³/mol. The highest BCUT2D eigenvalue weighted by Crippen LogP contribution is 2.31. The van der Waals surface area contributed by atoms with Gasteiger partial charge in [0.15, 0.2) is 9.84 Å². The van der Waals surface area contributed by atoms with Crippen molar-refractivity contribution >= 4 is 32.6 Å². The molecule has 0 bridgehead atoms. The van der Waals surface area contributed by atoms with Crippen molar-refractivity contribution in [3.8, 4) is 0 Å². The maximum absolute atomic E-state index is 11.9. The van der Waals surface area contributed by atoms with E-state index in [4.69, 9.17) is 10.8 Å². The van der Waals surface area contributed by atoms with Gasteiger partial charge in [-0.25, -0.2) is 8.42 Å². The predicted octanol–water partition coefficient (Wildman–Crippen LogP) is 2.00. The maximum Gasteiger partial charge on any atom is 0.293 e. The van der Waals surface area contributed by atoms with Crippen molar-refractivity contribution in [1.29, 1.82) is 0 Å². The Hall–Kier alpha value is -2.65. The van der Waals surface area contributed by atoms with Crippen LogP contribution in [0.2, 0.25) is 0 Å². The highest BCUT2D eigenvalue weighted by molar-refractivity contribution is 7.91. The van der Waals surface area contributed by atoms with E-state index < -0.39 is 27.1 Å². The number of sulfone groups is 1. The minimum absolute atomic E-state index is 0.159. The van der Waals surface area contributed by atoms with Crippen LogP contribution in [0.25, 0.3) is 0 Å². The van der Waals surface area contributed by atoms with Crippen molar-refractivity contribution in [2.24, 2.45) is 0 Å². The van der Waals surface area contributed by atoms with Crippen molar-refractivity contribution in [2.75, 3.05) is 23.4 Å². The third-order valence-electron chi connectivity index (χ3n) is 3.43. The normalized spacial score (nSPS) is 11.2. The van der Waals surface area contributed by atoms with Crippen LogP contribution in [0.1, 0.15) is 5.56 Å². The van der Waals surface area contributed by atoms with Gasteiger partial charge >= 0.3 is 0 Å². The van der Waals surface area contributed by atoms with Crippen LogP contribution in [-0.2, 0) is 9.84 Å². The van der Waals surface area contributed by atoms with Gasteiger partial charge in [-0.1, -0.05) is 0 Å². The molecule has 128 valence electrons. The number of aliphatic hydroxyl groups is 1. The van der Waals surface area contributed by atoms with Crippen molar-refractivity contribution < 1.29 is 18.4 Å². The number of aryl methyl sites for hydroxylation is 1. The zero-order valence-electron chi connectivity index (χ0n) is 12.9. The summed E-state index contributed by atoms with van der Waals surface area (Å²) in [6, 6.07) is 8.65. The first-order valence-corrected chi connectivity index (χ1v) is 8.65. The van der Waals surface area contributed by atoms with Gasteiger partial charge in [-0.3, -0.25) is 10.1 Å². The van der Waals surface area contributed by atoms with E-state index in [1.54, 1.807) is 25.1 Å². The average molecular weight is 351 g/mol. The number of hydrogen-bond donors (Lipinski definition) is 3. The van der Waals surface area contributed by atoms with Gasteiger partial charge in [-0.2, -0.15) is 0 Å². The highest BCUT2D eigenvalue weighted by atomic mass is 32.2. The summed E-state index contributed by atoms with van der Waals surface area (Å²) in [5, 5.41) is 23.0. The van der Waals surface area contributed by atoms with Gasteiger partial charge in [0, 0.05) is 17.4 Å². The van der Waals surface area contributed by atoms with E-state index in [9.17, 15) is 18.5 Å². The van der Waals surface area contributed by atoms with E-state index in [1.165, 1.54) is 12.1 Å². The lowest BCUT2D eigenvalue weighted by atomic mass is 10.1. The lowest BCUT2D eigenvalue weighted by Gasteiger charge is -2.10. The topological polar surface area (TPSA) is 136 Å². The summed E-state index contributed by atoms with van der Waals surface area (Å²) in [5.74, 6) is -0.492. The van der Waals surface area contributed by atoms with Crippen LogP contribution >= 0.6 is 0 Å².